The molecule has 282 valence electrons. The average molecular weight is 713 g/mol. The number of nitrogens with zero attached hydrogens (tertiary/aromatic N) is 2. The van der Waals surface area contributed by atoms with Gasteiger partial charge in [-0.2, -0.15) is 0 Å². The number of rotatable bonds is 12. The van der Waals surface area contributed by atoms with Crippen LogP contribution in [0, 0.1) is 23.7 Å². The summed E-state index contributed by atoms with van der Waals surface area (Å²) >= 11 is 0. The van der Waals surface area contributed by atoms with Crippen LogP contribution in [0.4, 0.5) is 10.1 Å². The fraction of sp³-hybridized carbons (Fsp3) is 0.718. The summed E-state index contributed by atoms with van der Waals surface area (Å²) in [7, 11) is 1.75. The fourth-order valence-electron chi connectivity index (χ4n) is 9.03. The van der Waals surface area contributed by atoms with Crippen LogP contribution in [0.1, 0.15) is 88.6 Å². The van der Waals surface area contributed by atoms with Gasteiger partial charge in [-0.15, -0.1) is 0 Å². The van der Waals surface area contributed by atoms with Crippen molar-refractivity contribution in [1.82, 2.24) is 9.80 Å². The molecule has 0 radical (unpaired) electrons. The third kappa shape index (κ3) is 8.77. The average Bonchev–Trinajstić information content (AvgIpc) is 3.78. The quantitative estimate of drug-likeness (QED) is 0.214. The number of morpholine rings is 1. The molecule has 51 heavy (non-hydrogen) atoms. The predicted molar refractivity (Wildman–Crippen MR) is 192 cm³/mol. The van der Waals surface area contributed by atoms with Crippen LogP contribution in [0.3, 0.4) is 0 Å². The first kappa shape index (κ1) is 37.7. The van der Waals surface area contributed by atoms with Crippen LogP contribution in [0.25, 0.3) is 11.0 Å². The Morgan fingerprint density at radius 2 is 1.80 bits per heavy atom. The molecule has 2 aromatic rings. The largest absolute Gasteiger partial charge is 0.460 e. The van der Waals surface area contributed by atoms with Crippen molar-refractivity contribution in [3.05, 3.63) is 30.0 Å². The van der Waals surface area contributed by atoms with Crippen LogP contribution in [0.5, 0.6) is 0 Å². The maximum Gasteiger partial charge on any atom is 0.374 e. The molecule has 12 heteroatoms. The number of nitrogens with two attached hydrogens (primary N) is 1. The lowest BCUT2D eigenvalue weighted by Gasteiger charge is -2.42. The molecular weight excluding hydrogens is 655 g/mol. The van der Waals surface area contributed by atoms with E-state index in [0.717, 1.165) is 58.0 Å². The molecule has 3 atom stereocenters. The predicted octanol–water partition coefficient (Wildman–Crippen LogP) is 5.55. The van der Waals surface area contributed by atoms with Crippen molar-refractivity contribution in [2.75, 3.05) is 58.6 Å². The number of esters is 1. The minimum absolute atomic E-state index is 0.0256. The summed E-state index contributed by atoms with van der Waals surface area (Å²) in [6.45, 7) is 7.64. The molecule has 2 aliphatic carbocycles. The number of fused-ring (bicyclic) bond motifs is 1. The second kappa shape index (κ2) is 16.7. The molecule has 4 aliphatic rings. The lowest BCUT2D eigenvalue weighted by atomic mass is 9.75. The minimum atomic E-state index is -0.582. The highest BCUT2D eigenvalue weighted by molar-refractivity contribution is 6.00. The van der Waals surface area contributed by atoms with Gasteiger partial charge in [-0.3, -0.25) is 14.5 Å². The Balaban J connectivity index is 1.10. The van der Waals surface area contributed by atoms with E-state index in [4.69, 9.17) is 24.4 Å². The maximum atomic E-state index is 14.2. The van der Waals surface area contributed by atoms with Crippen LogP contribution in [-0.2, 0) is 23.8 Å². The summed E-state index contributed by atoms with van der Waals surface area (Å²) in [6, 6.07) is 5.88. The molecule has 2 amide bonds. The summed E-state index contributed by atoms with van der Waals surface area (Å²) in [5.74, 6) is -0.292. The second-order valence-electron chi connectivity index (χ2n) is 15.8. The number of halogens is 1. The molecule has 4 fully saturated rings. The highest BCUT2D eigenvalue weighted by Gasteiger charge is 2.47. The molecule has 0 unspecified atom stereocenters. The van der Waals surface area contributed by atoms with Gasteiger partial charge in [0.1, 0.15) is 18.3 Å². The van der Waals surface area contributed by atoms with Crippen LogP contribution in [-0.4, -0.2) is 105 Å². The third-order valence-electron chi connectivity index (χ3n) is 12.2. The van der Waals surface area contributed by atoms with Gasteiger partial charge in [0.25, 0.3) is 0 Å². The molecular formula is C39H57FN4O7. The fourth-order valence-corrected chi connectivity index (χ4v) is 9.03. The highest BCUT2D eigenvalue weighted by Crippen LogP contribution is 2.42. The summed E-state index contributed by atoms with van der Waals surface area (Å²) < 4.78 is 35.8. The van der Waals surface area contributed by atoms with Crippen molar-refractivity contribution < 1.29 is 37.4 Å². The van der Waals surface area contributed by atoms with Crippen molar-refractivity contribution in [3.63, 3.8) is 0 Å². The zero-order valence-corrected chi connectivity index (χ0v) is 30.6. The number of furan rings is 1. The molecule has 11 nitrogen and oxygen atoms in total. The van der Waals surface area contributed by atoms with Gasteiger partial charge in [0.15, 0.2) is 0 Å². The van der Waals surface area contributed by atoms with Gasteiger partial charge in [0.2, 0.25) is 17.6 Å². The number of hydrogen-bond donors (Lipinski definition) is 2. The maximum absolute atomic E-state index is 14.2. The number of nitrogens with one attached hydrogen (secondary N) is 1. The molecule has 3 heterocycles. The first-order valence-electron chi connectivity index (χ1n) is 19.1. The van der Waals surface area contributed by atoms with Crippen LogP contribution >= 0.6 is 0 Å². The van der Waals surface area contributed by atoms with E-state index in [1.54, 1.807) is 31.4 Å². The van der Waals surface area contributed by atoms with Gasteiger partial charge >= 0.3 is 5.97 Å². The van der Waals surface area contributed by atoms with E-state index >= 15 is 0 Å². The lowest BCUT2D eigenvalue weighted by Crippen LogP contribution is -2.53. The molecule has 2 saturated heterocycles. The topological polar surface area (TPSA) is 137 Å². The van der Waals surface area contributed by atoms with E-state index in [1.807, 2.05) is 4.90 Å². The normalized spacial score (nSPS) is 29.2. The number of likely N-dealkylation sites (tertiary alicyclic amines) is 1. The van der Waals surface area contributed by atoms with Crippen LogP contribution in [0.15, 0.2) is 28.7 Å². The highest BCUT2D eigenvalue weighted by atomic mass is 19.1. The van der Waals surface area contributed by atoms with E-state index in [1.165, 1.54) is 0 Å². The Morgan fingerprint density at radius 3 is 2.51 bits per heavy atom. The summed E-state index contributed by atoms with van der Waals surface area (Å²) in [6.07, 6.45) is 8.34. The van der Waals surface area contributed by atoms with Gasteiger partial charge in [-0.25, -0.2) is 9.18 Å². The first-order valence-corrected chi connectivity index (χ1v) is 19.1. The number of carbonyl (C=O) groups is 3. The molecule has 6 rings (SSSR count). The summed E-state index contributed by atoms with van der Waals surface area (Å²) in [5.41, 5.74) is 7.03. The van der Waals surface area contributed by atoms with E-state index in [9.17, 15) is 18.8 Å². The molecule has 2 aliphatic heterocycles. The minimum Gasteiger partial charge on any atom is -0.460 e. The van der Waals surface area contributed by atoms with Crippen molar-refractivity contribution in [2.24, 2.45) is 29.4 Å². The Morgan fingerprint density at radius 1 is 1.04 bits per heavy atom. The van der Waals surface area contributed by atoms with Gasteiger partial charge < -0.3 is 34.6 Å². The number of anilines is 1. The number of benzene rings is 1. The number of alkyl halides is 1. The van der Waals surface area contributed by atoms with E-state index < -0.39 is 24.7 Å². The number of carbonyl (C=O) groups excluding carboxylic acids is 3. The van der Waals surface area contributed by atoms with Gasteiger partial charge in [0, 0.05) is 55.3 Å². The van der Waals surface area contributed by atoms with Gasteiger partial charge in [-0.1, -0.05) is 0 Å². The lowest BCUT2D eigenvalue weighted by molar-refractivity contribution is -0.142. The number of methoxy groups -OCH3 is 1. The van der Waals surface area contributed by atoms with Crippen molar-refractivity contribution >= 4 is 34.4 Å². The van der Waals surface area contributed by atoms with Gasteiger partial charge in [0.05, 0.1) is 25.9 Å². The zero-order chi connectivity index (χ0) is 36.1. The number of hydrogen-bond acceptors (Lipinski definition) is 9. The van der Waals surface area contributed by atoms with Crippen LogP contribution < -0.4 is 11.1 Å². The van der Waals surface area contributed by atoms with Crippen molar-refractivity contribution in [1.29, 1.82) is 0 Å². The van der Waals surface area contributed by atoms with Crippen molar-refractivity contribution in [2.45, 2.75) is 102 Å². The molecule has 2 saturated carbocycles. The standard InChI is InChI=1S/C39H57FN4O7/c1-39(2)24-49-20-18-43(39)16-4-19-50-38(47)34-22-28-21-29(11-14-33(28)51-34)42-36(45)35-31(25-9-12-30(48-3)13-10-25)15-17-44(35)37(46)27-7-5-26(6-8-27)32(41)23-40/h11,14,21-22,25-27,30-32,35H,4-10,12-13,15-20,23-24,41H2,1-3H3,(H,42,45)/t25?,26?,27?,30?,31-,32+,35-/m0/s1. The zero-order valence-electron chi connectivity index (χ0n) is 30.6. The monoisotopic (exact) mass is 712 g/mol. The Labute approximate surface area is 301 Å². The van der Waals surface area contributed by atoms with Crippen LogP contribution in [0.2, 0.25) is 0 Å². The molecule has 0 spiro atoms. The molecule has 1 aromatic carbocycles. The number of ether oxygens (including phenoxy) is 3. The third-order valence-corrected chi connectivity index (χ3v) is 12.2. The second-order valence-corrected chi connectivity index (χ2v) is 15.8. The molecule has 3 N–H and O–H groups in total. The Bertz CT molecular complexity index is 1500. The van der Waals surface area contributed by atoms with Gasteiger partial charge in [-0.05, 0) is 120 Å². The first-order chi connectivity index (χ1) is 24.6. The van der Waals surface area contributed by atoms with E-state index in [2.05, 4.69) is 24.1 Å². The summed E-state index contributed by atoms with van der Waals surface area (Å²) in [5, 5.41) is 3.79. The Hall–Kier alpha value is -3.06. The summed E-state index contributed by atoms with van der Waals surface area (Å²) in [4.78, 5) is 45.3. The smallest absolute Gasteiger partial charge is 0.374 e. The number of amides is 2. The molecule has 0 bridgehead atoms. The molecule has 1 aromatic heterocycles. The van der Waals surface area contributed by atoms with Crippen molar-refractivity contribution in [3.8, 4) is 0 Å². The Kier molecular flexibility index (Phi) is 12.4. The van der Waals surface area contributed by atoms with E-state index in [0.29, 0.717) is 61.6 Å². The van der Waals surface area contributed by atoms with E-state index in [-0.39, 0.29) is 53.6 Å². The SMILES string of the molecule is COC1CCC([C@@H]2CCN(C(=O)C3CCC([C@H](N)CF)CC3)[C@@H]2C(=O)Nc2ccc3oc(C(=O)OCCCN4CCOCC4(C)C)cc3c2)CC1.